The summed E-state index contributed by atoms with van der Waals surface area (Å²) in [5.41, 5.74) is 4.50. The van der Waals surface area contributed by atoms with E-state index in [4.69, 9.17) is 4.99 Å². The molecule has 0 aromatic heterocycles. The minimum absolute atomic E-state index is 0.690. The topological polar surface area (TPSA) is 15.6 Å². The van der Waals surface area contributed by atoms with E-state index in [0.29, 0.717) is 5.92 Å². The van der Waals surface area contributed by atoms with Gasteiger partial charge in [-0.25, -0.2) is 0 Å². The molecule has 2 nitrogen and oxygen atoms in total. The summed E-state index contributed by atoms with van der Waals surface area (Å²) < 4.78 is 0. The maximum absolute atomic E-state index is 4.71. The normalized spacial score (nSPS) is 30.2. The zero-order valence-corrected chi connectivity index (χ0v) is 12.4. The van der Waals surface area contributed by atoms with Gasteiger partial charge in [-0.1, -0.05) is 25.0 Å². The van der Waals surface area contributed by atoms with Crippen LogP contribution in [0.25, 0.3) is 0 Å². The number of hydrogen-bond acceptors (Lipinski definition) is 2. The standard InChI is InChI=1S/C18H24N2/c1-20-11-16-10-19-9-15-8-14(13-4-2-3-5-13)6-7-17(15)18(16)12-20/h6-9,13,16,18H,2-5,10-12H2,1H3. The third kappa shape index (κ3) is 2.10. The molecule has 1 aliphatic carbocycles. The van der Waals surface area contributed by atoms with Crippen molar-refractivity contribution in [2.45, 2.75) is 37.5 Å². The molecule has 106 valence electrons. The second-order valence-corrected chi connectivity index (χ2v) is 6.95. The van der Waals surface area contributed by atoms with E-state index in [1.807, 2.05) is 0 Å². The van der Waals surface area contributed by atoms with Gasteiger partial charge in [-0.2, -0.15) is 0 Å². The Kier molecular flexibility index (Phi) is 3.14. The highest BCUT2D eigenvalue weighted by Gasteiger charge is 2.34. The summed E-state index contributed by atoms with van der Waals surface area (Å²) in [5.74, 6) is 2.21. The average molecular weight is 268 g/mol. The lowest BCUT2D eigenvalue weighted by molar-refractivity contribution is 0.397. The Morgan fingerprint density at radius 3 is 2.85 bits per heavy atom. The number of hydrogen-bond donors (Lipinski definition) is 0. The molecule has 4 rings (SSSR count). The van der Waals surface area contributed by atoms with Crippen LogP contribution >= 0.6 is 0 Å². The molecule has 0 N–H and O–H groups in total. The van der Waals surface area contributed by atoms with Crippen LogP contribution in [0.3, 0.4) is 0 Å². The number of likely N-dealkylation sites (tertiary alicyclic amines) is 1. The van der Waals surface area contributed by atoms with E-state index in [1.165, 1.54) is 44.3 Å². The van der Waals surface area contributed by atoms with Crippen molar-refractivity contribution in [2.24, 2.45) is 10.9 Å². The van der Waals surface area contributed by atoms with Gasteiger partial charge in [0.05, 0.1) is 0 Å². The molecule has 2 aliphatic heterocycles. The molecule has 1 saturated carbocycles. The smallest absolute Gasteiger partial charge is 0.0436 e. The molecule has 2 fully saturated rings. The highest BCUT2D eigenvalue weighted by molar-refractivity contribution is 5.83. The minimum atomic E-state index is 0.690. The van der Waals surface area contributed by atoms with Gasteiger partial charge in [0.1, 0.15) is 0 Å². The summed E-state index contributed by atoms with van der Waals surface area (Å²) in [6.45, 7) is 3.40. The van der Waals surface area contributed by atoms with Crippen LogP contribution in [-0.4, -0.2) is 37.8 Å². The summed E-state index contributed by atoms with van der Waals surface area (Å²) in [4.78, 5) is 7.17. The van der Waals surface area contributed by atoms with E-state index in [-0.39, 0.29) is 0 Å². The molecule has 20 heavy (non-hydrogen) atoms. The van der Waals surface area contributed by atoms with Crippen molar-refractivity contribution in [1.82, 2.24) is 4.90 Å². The molecule has 2 atom stereocenters. The van der Waals surface area contributed by atoms with Crippen molar-refractivity contribution >= 4 is 6.21 Å². The van der Waals surface area contributed by atoms with Gasteiger partial charge < -0.3 is 4.90 Å². The Hall–Kier alpha value is -1.15. The quantitative estimate of drug-likeness (QED) is 0.762. The van der Waals surface area contributed by atoms with Crippen LogP contribution in [0.1, 0.15) is 54.2 Å². The Labute approximate surface area is 121 Å². The molecular weight excluding hydrogens is 244 g/mol. The Morgan fingerprint density at radius 2 is 2.00 bits per heavy atom. The zero-order chi connectivity index (χ0) is 13.5. The molecule has 0 spiro atoms. The maximum Gasteiger partial charge on any atom is 0.0436 e. The summed E-state index contributed by atoms with van der Waals surface area (Å²) in [6, 6.07) is 7.26. The van der Waals surface area contributed by atoms with E-state index in [1.54, 1.807) is 11.1 Å². The van der Waals surface area contributed by atoms with Crippen molar-refractivity contribution < 1.29 is 0 Å². The van der Waals surface area contributed by atoms with Gasteiger partial charge in [0.15, 0.2) is 0 Å². The fraction of sp³-hybridized carbons (Fsp3) is 0.611. The van der Waals surface area contributed by atoms with Crippen molar-refractivity contribution in [3.63, 3.8) is 0 Å². The molecule has 0 radical (unpaired) electrons. The second kappa shape index (κ2) is 5.00. The molecule has 2 heteroatoms. The first-order valence-corrected chi connectivity index (χ1v) is 8.13. The van der Waals surface area contributed by atoms with Crippen LogP contribution in [0.2, 0.25) is 0 Å². The first-order valence-electron chi connectivity index (χ1n) is 8.13. The summed E-state index contributed by atoms with van der Waals surface area (Å²) in [5, 5.41) is 0. The first kappa shape index (κ1) is 12.6. The van der Waals surface area contributed by atoms with Crippen molar-refractivity contribution in [1.29, 1.82) is 0 Å². The second-order valence-electron chi connectivity index (χ2n) is 6.95. The highest BCUT2D eigenvalue weighted by atomic mass is 15.1. The molecule has 0 bridgehead atoms. The van der Waals surface area contributed by atoms with Crippen molar-refractivity contribution in [3.8, 4) is 0 Å². The maximum atomic E-state index is 4.71. The average Bonchev–Trinajstić information content (AvgIpc) is 3.06. The summed E-state index contributed by atoms with van der Waals surface area (Å²) >= 11 is 0. The van der Waals surface area contributed by atoms with Crippen LogP contribution < -0.4 is 0 Å². The fourth-order valence-corrected chi connectivity index (χ4v) is 4.47. The zero-order valence-electron chi connectivity index (χ0n) is 12.4. The Bertz CT molecular complexity index is 528. The van der Waals surface area contributed by atoms with E-state index in [9.17, 15) is 0 Å². The van der Waals surface area contributed by atoms with Gasteiger partial charge in [-0.15, -0.1) is 0 Å². The largest absolute Gasteiger partial charge is 0.305 e. The highest BCUT2D eigenvalue weighted by Crippen LogP contribution is 2.39. The predicted molar refractivity (Wildman–Crippen MR) is 83.8 cm³/mol. The number of rotatable bonds is 1. The lowest BCUT2D eigenvalue weighted by atomic mass is 9.85. The van der Waals surface area contributed by atoms with Crippen molar-refractivity contribution in [2.75, 3.05) is 26.7 Å². The van der Waals surface area contributed by atoms with Gasteiger partial charge in [-0.05, 0) is 54.5 Å². The number of aliphatic imine (C=N–C) groups is 1. The Balaban J connectivity index is 1.70. The van der Waals surface area contributed by atoms with Crippen LogP contribution in [0, 0.1) is 5.92 Å². The monoisotopic (exact) mass is 268 g/mol. The number of nitrogens with zero attached hydrogens (tertiary/aromatic N) is 2. The lowest BCUT2D eigenvalue weighted by Gasteiger charge is -2.19. The van der Waals surface area contributed by atoms with Crippen LogP contribution in [0.15, 0.2) is 23.2 Å². The van der Waals surface area contributed by atoms with Gasteiger partial charge in [0.2, 0.25) is 0 Å². The van der Waals surface area contributed by atoms with Crippen molar-refractivity contribution in [3.05, 3.63) is 34.9 Å². The third-order valence-electron chi connectivity index (χ3n) is 5.53. The molecule has 1 aromatic carbocycles. The summed E-state index contributed by atoms with van der Waals surface area (Å²) in [6.07, 6.45) is 7.72. The first-order chi connectivity index (χ1) is 9.81. The van der Waals surface area contributed by atoms with E-state index in [0.717, 1.165) is 18.4 Å². The Morgan fingerprint density at radius 1 is 1.15 bits per heavy atom. The fourth-order valence-electron chi connectivity index (χ4n) is 4.47. The molecule has 0 amide bonds. The van der Waals surface area contributed by atoms with Gasteiger partial charge in [0, 0.05) is 31.8 Å². The van der Waals surface area contributed by atoms with E-state index in [2.05, 4.69) is 36.4 Å². The van der Waals surface area contributed by atoms with Crippen LogP contribution in [-0.2, 0) is 0 Å². The van der Waals surface area contributed by atoms with Gasteiger partial charge >= 0.3 is 0 Å². The van der Waals surface area contributed by atoms with E-state index < -0.39 is 0 Å². The van der Waals surface area contributed by atoms with Crippen LogP contribution in [0.5, 0.6) is 0 Å². The van der Waals surface area contributed by atoms with Gasteiger partial charge in [0.25, 0.3) is 0 Å². The molecule has 1 aromatic rings. The van der Waals surface area contributed by atoms with E-state index >= 15 is 0 Å². The number of benzene rings is 1. The number of fused-ring (bicyclic) bond motifs is 3. The minimum Gasteiger partial charge on any atom is -0.305 e. The molecule has 1 saturated heterocycles. The predicted octanol–water partition coefficient (Wildman–Crippen LogP) is 3.42. The molecule has 2 heterocycles. The third-order valence-corrected chi connectivity index (χ3v) is 5.53. The lowest BCUT2D eigenvalue weighted by Crippen LogP contribution is -2.15. The molecular formula is C18H24N2. The number of likely N-dealkylation sites (N-methyl/N-ethyl adjacent to an activating group) is 1. The molecule has 3 aliphatic rings. The molecule has 2 unspecified atom stereocenters. The van der Waals surface area contributed by atoms with Gasteiger partial charge in [-0.3, -0.25) is 4.99 Å². The summed E-state index contributed by atoms with van der Waals surface area (Å²) in [7, 11) is 2.24. The SMILES string of the molecule is CN1CC2CN=Cc3cc(C4CCCC4)ccc3C2C1. The van der Waals surface area contributed by atoms with Crippen LogP contribution in [0.4, 0.5) is 0 Å².